The molecule has 1 aromatic carbocycles. The second-order valence-corrected chi connectivity index (χ2v) is 6.30. The Morgan fingerprint density at radius 2 is 1.78 bits per heavy atom. The van der Waals surface area contributed by atoms with Gasteiger partial charge in [-0.3, -0.25) is 0 Å². The normalized spacial score (nSPS) is 18.3. The van der Waals surface area contributed by atoms with Crippen LogP contribution in [-0.2, 0) is 10.0 Å². The van der Waals surface area contributed by atoms with E-state index in [0.717, 1.165) is 5.56 Å². The molecule has 1 aliphatic rings. The minimum Gasteiger partial charge on any atom is -0.314 e. The van der Waals surface area contributed by atoms with Crippen LogP contribution in [0.5, 0.6) is 0 Å². The lowest BCUT2D eigenvalue weighted by Crippen LogP contribution is -2.45. The molecule has 4 nitrogen and oxygen atoms in total. The number of halogens is 1. The third-order valence-electron chi connectivity index (χ3n) is 2.74. The van der Waals surface area contributed by atoms with E-state index in [0.29, 0.717) is 31.2 Å². The first-order valence-electron chi connectivity index (χ1n) is 5.72. The lowest BCUT2D eigenvalue weighted by atomic mass is 10.2. The number of piperazine rings is 1. The van der Waals surface area contributed by atoms with Crippen molar-refractivity contribution in [1.82, 2.24) is 9.62 Å². The first-order valence-corrected chi connectivity index (χ1v) is 7.60. The van der Waals surface area contributed by atoms with Crippen LogP contribution in [0.2, 0.25) is 5.02 Å². The Morgan fingerprint density at radius 3 is 2.39 bits per heavy atom. The van der Waals surface area contributed by atoms with Crippen LogP contribution < -0.4 is 5.32 Å². The van der Waals surface area contributed by atoms with Gasteiger partial charge in [-0.1, -0.05) is 23.7 Å². The molecule has 1 saturated heterocycles. The number of nitrogens with zero attached hydrogens (tertiary/aromatic N) is 1. The number of sulfonamides is 1. The number of nitrogens with one attached hydrogen (secondary N) is 1. The van der Waals surface area contributed by atoms with Crippen molar-refractivity contribution in [3.63, 3.8) is 0 Å². The van der Waals surface area contributed by atoms with Gasteiger partial charge in [0.2, 0.25) is 10.0 Å². The van der Waals surface area contributed by atoms with E-state index < -0.39 is 10.0 Å². The molecular weight excluding hydrogens is 272 g/mol. The summed E-state index contributed by atoms with van der Waals surface area (Å²) in [6.45, 7) is 2.45. The molecule has 0 amide bonds. The molecule has 2 rings (SSSR count). The van der Waals surface area contributed by atoms with E-state index >= 15 is 0 Å². The zero-order valence-electron chi connectivity index (χ0n) is 9.84. The van der Waals surface area contributed by atoms with Gasteiger partial charge in [0, 0.05) is 36.6 Å². The highest BCUT2D eigenvalue weighted by molar-refractivity contribution is 7.92. The Bertz CT molecular complexity index is 520. The van der Waals surface area contributed by atoms with Crippen molar-refractivity contribution in [1.29, 1.82) is 0 Å². The van der Waals surface area contributed by atoms with Crippen LogP contribution in [0, 0.1) is 0 Å². The maximum absolute atomic E-state index is 12.0. The first kappa shape index (κ1) is 13.5. The van der Waals surface area contributed by atoms with Gasteiger partial charge in [-0.15, -0.1) is 0 Å². The fourth-order valence-corrected chi connectivity index (χ4v) is 3.04. The molecule has 98 valence electrons. The second-order valence-electron chi connectivity index (χ2n) is 4.05. The molecule has 0 aromatic heterocycles. The summed E-state index contributed by atoms with van der Waals surface area (Å²) in [6.07, 6.45) is 1.59. The fraction of sp³-hybridized carbons (Fsp3) is 0.333. The molecule has 6 heteroatoms. The van der Waals surface area contributed by atoms with Gasteiger partial charge < -0.3 is 5.32 Å². The summed E-state index contributed by atoms with van der Waals surface area (Å²) < 4.78 is 25.5. The molecule has 1 fully saturated rings. The number of benzene rings is 1. The molecule has 0 unspecified atom stereocenters. The summed E-state index contributed by atoms with van der Waals surface area (Å²) in [5.74, 6) is 0. The van der Waals surface area contributed by atoms with Gasteiger partial charge in [-0.2, -0.15) is 4.31 Å². The Balaban J connectivity index is 2.09. The summed E-state index contributed by atoms with van der Waals surface area (Å²) in [4.78, 5) is 0. The molecule has 0 spiro atoms. The molecule has 0 saturated carbocycles. The molecule has 0 atom stereocenters. The fourth-order valence-electron chi connectivity index (χ4n) is 1.72. The van der Waals surface area contributed by atoms with E-state index in [1.54, 1.807) is 30.3 Å². The molecule has 1 N–H and O–H groups in total. The monoisotopic (exact) mass is 286 g/mol. The third-order valence-corrected chi connectivity index (χ3v) is 4.56. The highest BCUT2D eigenvalue weighted by atomic mass is 35.5. The molecule has 1 aromatic rings. The predicted octanol–water partition coefficient (Wildman–Crippen LogP) is 1.55. The molecule has 1 aliphatic heterocycles. The van der Waals surface area contributed by atoms with E-state index in [1.807, 2.05) is 0 Å². The third kappa shape index (κ3) is 3.55. The van der Waals surface area contributed by atoms with Crippen LogP contribution in [-0.4, -0.2) is 38.9 Å². The van der Waals surface area contributed by atoms with Gasteiger partial charge in [0.25, 0.3) is 0 Å². The summed E-state index contributed by atoms with van der Waals surface area (Å²) in [5.41, 5.74) is 0.818. The summed E-state index contributed by atoms with van der Waals surface area (Å²) in [6, 6.07) is 7.04. The van der Waals surface area contributed by atoms with Crippen molar-refractivity contribution in [2.45, 2.75) is 0 Å². The minimum atomic E-state index is -3.31. The maximum Gasteiger partial charge on any atom is 0.236 e. The van der Waals surface area contributed by atoms with Gasteiger partial charge in [0.1, 0.15) is 0 Å². The second kappa shape index (κ2) is 5.84. The smallest absolute Gasteiger partial charge is 0.236 e. The van der Waals surface area contributed by atoms with Gasteiger partial charge in [0.05, 0.1) is 0 Å². The van der Waals surface area contributed by atoms with E-state index in [1.165, 1.54) is 9.71 Å². The topological polar surface area (TPSA) is 49.4 Å². The first-order chi connectivity index (χ1) is 8.58. The van der Waals surface area contributed by atoms with Gasteiger partial charge in [-0.25, -0.2) is 8.42 Å². The Labute approximate surface area is 112 Å². The van der Waals surface area contributed by atoms with Crippen LogP contribution in [0.3, 0.4) is 0 Å². The van der Waals surface area contributed by atoms with Crippen molar-refractivity contribution in [2.75, 3.05) is 26.2 Å². The quantitative estimate of drug-likeness (QED) is 0.917. The van der Waals surface area contributed by atoms with Crippen LogP contribution in [0.1, 0.15) is 5.56 Å². The van der Waals surface area contributed by atoms with Crippen LogP contribution in [0.4, 0.5) is 0 Å². The molecule has 0 aliphatic carbocycles. The van der Waals surface area contributed by atoms with Crippen molar-refractivity contribution in [3.8, 4) is 0 Å². The zero-order valence-corrected chi connectivity index (χ0v) is 11.4. The highest BCUT2D eigenvalue weighted by Gasteiger charge is 2.20. The predicted molar refractivity (Wildman–Crippen MR) is 73.8 cm³/mol. The average molecular weight is 287 g/mol. The van der Waals surface area contributed by atoms with Crippen molar-refractivity contribution < 1.29 is 8.42 Å². The number of hydrogen-bond donors (Lipinski definition) is 1. The molecule has 18 heavy (non-hydrogen) atoms. The van der Waals surface area contributed by atoms with Crippen LogP contribution in [0.15, 0.2) is 29.7 Å². The Morgan fingerprint density at radius 1 is 1.17 bits per heavy atom. The van der Waals surface area contributed by atoms with Crippen molar-refractivity contribution >= 4 is 27.7 Å². The van der Waals surface area contributed by atoms with Crippen LogP contribution in [0.25, 0.3) is 6.08 Å². The van der Waals surface area contributed by atoms with E-state index in [4.69, 9.17) is 11.6 Å². The zero-order chi connectivity index (χ0) is 13.0. The SMILES string of the molecule is O=S(=O)(/C=C/c1ccc(Cl)cc1)N1CCNCC1. The number of hydrogen-bond acceptors (Lipinski definition) is 3. The summed E-state index contributed by atoms with van der Waals surface area (Å²) in [7, 11) is -3.31. The Kier molecular flexibility index (Phi) is 4.40. The largest absolute Gasteiger partial charge is 0.314 e. The van der Waals surface area contributed by atoms with Gasteiger partial charge >= 0.3 is 0 Å². The van der Waals surface area contributed by atoms with Crippen molar-refractivity contribution in [3.05, 3.63) is 40.3 Å². The van der Waals surface area contributed by atoms with E-state index in [2.05, 4.69) is 5.32 Å². The average Bonchev–Trinajstić information content (AvgIpc) is 2.39. The molecule has 0 radical (unpaired) electrons. The van der Waals surface area contributed by atoms with Crippen LogP contribution >= 0.6 is 11.6 Å². The highest BCUT2D eigenvalue weighted by Crippen LogP contribution is 2.12. The molecule has 1 heterocycles. The molecular formula is C12H15ClN2O2S. The maximum atomic E-state index is 12.0. The molecule has 0 bridgehead atoms. The van der Waals surface area contributed by atoms with E-state index in [9.17, 15) is 8.42 Å². The minimum absolute atomic E-state index is 0.521. The number of rotatable bonds is 3. The summed E-state index contributed by atoms with van der Waals surface area (Å²) in [5, 5.41) is 5.01. The standard InChI is InChI=1S/C12H15ClN2O2S/c13-12-3-1-11(2-4-12)5-10-18(16,17)15-8-6-14-7-9-15/h1-5,10,14H,6-9H2/b10-5+. The van der Waals surface area contributed by atoms with Crippen molar-refractivity contribution in [2.24, 2.45) is 0 Å². The lowest BCUT2D eigenvalue weighted by Gasteiger charge is -2.25. The van der Waals surface area contributed by atoms with Gasteiger partial charge in [0.15, 0.2) is 0 Å². The Hall–Kier alpha value is -0.880. The van der Waals surface area contributed by atoms with Gasteiger partial charge in [-0.05, 0) is 23.8 Å². The lowest BCUT2D eigenvalue weighted by molar-refractivity contribution is 0.364. The summed E-state index contributed by atoms with van der Waals surface area (Å²) >= 11 is 5.77. The van der Waals surface area contributed by atoms with E-state index in [-0.39, 0.29) is 0 Å².